The first kappa shape index (κ1) is 21.9. The summed E-state index contributed by atoms with van der Waals surface area (Å²) in [4.78, 5) is 27.7. The lowest BCUT2D eigenvalue weighted by Gasteiger charge is -2.26. The number of hydrogen-bond donors (Lipinski definition) is 1. The summed E-state index contributed by atoms with van der Waals surface area (Å²) in [6.07, 6.45) is 0. The molecule has 0 spiro atoms. The number of anilines is 1. The molecule has 1 amide bonds. The summed E-state index contributed by atoms with van der Waals surface area (Å²) in [6, 6.07) is 18.4. The second kappa shape index (κ2) is 8.69. The third kappa shape index (κ3) is 3.64. The highest BCUT2D eigenvalue weighted by Gasteiger charge is 2.47. The molecule has 1 aliphatic heterocycles. The Labute approximate surface area is 195 Å². The molecule has 0 aliphatic carbocycles. The summed E-state index contributed by atoms with van der Waals surface area (Å²) >= 11 is 12.5. The normalized spacial score (nSPS) is 17.6. The van der Waals surface area contributed by atoms with Gasteiger partial charge in [-0.15, -0.1) is 0 Å². The fourth-order valence-electron chi connectivity index (χ4n) is 3.92. The second-order valence-corrected chi connectivity index (χ2v) is 8.15. The van der Waals surface area contributed by atoms with Crippen LogP contribution in [0.15, 0.2) is 72.3 Å². The van der Waals surface area contributed by atoms with Gasteiger partial charge < -0.3 is 9.84 Å². The Morgan fingerprint density at radius 3 is 2.16 bits per heavy atom. The number of aryl methyl sites for hydroxylation is 1. The van der Waals surface area contributed by atoms with Crippen LogP contribution in [0.1, 0.15) is 22.7 Å². The molecular weight excluding hydrogens is 449 g/mol. The molecule has 3 aromatic carbocycles. The minimum Gasteiger partial charge on any atom is -0.507 e. The first-order valence-electron chi connectivity index (χ1n) is 9.80. The minimum absolute atomic E-state index is 0.0366. The Bertz CT molecular complexity index is 1230. The van der Waals surface area contributed by atoms with Crippen LogP contribution in [-0.4, -0.2) is 23.9 Å². The number of para-hydroxylation sites is 1. The highest BCUT2D eigenvalue weighted by molar-refractivity contribution is 6.51. The van der Waals surface area contributed by atoms with Gasteiger partial charge in [-0.3, -0.25) is 14.5 Å². The molecule has 162 valence electrons. The largest absolute Gasteiger partial charge is 0.507 e. The summed E-state index contributed by atoms with van der Waals surface area (Å²) in [6.45, 7) is 1.89. The van der Waals surface area contributed by atoms with Crippen LogP contribution in [-0.2, 0) is 9.59 Å². The number of hydrogen-bond acceptors (Lipinski definition) is 4. The van der Waals surface area contributed by atoms with E-state index in [0.717, 1.165) is 11.1 Å². The van der Waals surface area contributed by atoms with E-state index in [2.05, 4.69) is 0 Å². The Hall–Kier alpha value is -3.28. The van der Waals surface area contributed by atoms with E-state index in [-0.39, 0.29) is 32.7 Å². The molecule has 1 atom stereocenters. The van der Waals surface area contributed by atoms with Crippen molar-refractivity contribution in [3.05, 3.63) is 99.0 Å². The molecule has 0 saturated carbocycles. The van der Waals surface area contributed by atoms with Gasteiger partial charge >= 0.3 is 0 Å². The number of amides is 1. The SMILES string of the molecule is COc1c(Cl)cc(/C(O)=C2\C(=O)C(=O)N(c3ccccc3)C2c2ccccc2C)cc1Cl. The fraction of sp³-hybridized carbons (Fsp3) is 0.120. The smallest absolute Gasteiger partial charge is 0.300 e. The summed E-state index contributed by atoms with van der Waals surface area (Å²) < 4.78 is 5.16. The Balaban J connectivity index is 1.98. The molecule has 0 aromatic heterocycles. The lowest BCUT2D eigenvalue weighted by molar-refractivity contribution is -0.132. The van der Waals surface area contributed by atoms with Gasteiger partial charge in [-0.2, -0.15) is 0 Å². The number of aliphatic hydroxyl groups is 1. The first-order valence-corrected chi connectivity index (χ1v) is 10.6. The van der Waals surface area contributed by atoms with E-state index in [0.29, 0.717) is 5.69 Å². The predicted octanol–water partition coefficient (Wildman–Crippen LogP) is 5.94. The topological polar surface area (TPSA) is 66.8 Å². The number of ketones is 1. The van der Waals surface area contributed by atoms with E-state index in [9.17, 15) is 14.7 Å². The highest BCUT2D eigenvalue weighted by atomic mass is 35.5. The van der Waals surface area contributed by atoms with Crippen molar-refractivity contribution in [2.45, 2.75) is 13.0 Å². The van der Waals surface area contributed by atoms with Gasteiger partial charge in [0.05, 0.1) is 28.8 Å². The number of benzene rings is 3. The number of rotatable bonds is 4. The Morgan fingerprint density at radius 1 is 0.969 bits per heavy atom. The molecule has 5 nitrogen and oxygen atoms in total. The van der Waals surface area contributed by atoms with Crippen molar-refractivity contribution in [1.82, 2.24) is 0 Å². The molecule has 4 rings (SSSR count). The third-order valence-corrected chi connectivity index (χ3v) is 6.00. The molecule has 1 fully saturated rings. The van der Waals surface area contributed by atoms with Crippen molar-refractivity contribution in [2.75, 3.05) is 12.0 Å². The van der Waals surface area contributed by atoms with E-state index >= 15 is 0 Å². The monoisotopic (exact) mass is 467 g/mol. The molecule has 0 radical (unpaired) electrons. The maximum atomic E-state index is 13.2. The van der Waals surface area contributed by atoms with Gasteiger partial charge in [0.25, 0.3) is 11.7 Å². The second-order valence-electron chi connectivity index (χ2n) is 7.33. The van der Waals surface area contributed by atoms with Crippen molar-refractivity contribution in [2.24, 2.45) is 0 Å². The van der Waals surface area contributed by atoms with Crippen LogP contribution in [0.4, 0.5) is 5.69 Å². The molecule has 1 unspecified atom stereocenters. The quantitative estimate of drug-likeness (QED) is 0.293. The van der Waals surface area contributed by atoms with E-state index < -0.39 is 17.7 Å². The average molecular weight is 468 g/mol. The lowest BCUT2D eigenvalue weighted by atomic mass is 9.92. The van der Waals surface area contributed by atoms with Crippen molar-refractivity contribution in [3.63, 3.8) is 0 Å². The Morgan fingerprint density at radius 2 is 1.56 bits per heavy atom. The minimum atomic E-state index is -0.821. The maximum Gasteiger partial charge on any atom is 0.300 e. The molecule has 32 heavy (non-hydrogen) atoms. The van der Waals surface area contributed by atoms with Crippen molar-refractivity contribution >= 4 is 46.3 Å². The highest BCUT2D eigenvalue weighted by Crippen LogP contribution is 2.44. The van der Waals surface area contributed by atoms with Crippen LogP contribution in [0.3, 0.4) is 0 Å². The summed E-state index contributed by atoms with van der Waals surface area (Å²) in [5.41, 5.74) is 2.32. The van der Waals surface area contributed by atoms with Crippen molar-refractivity contribution < 1.29 is 19.4 Å². The molecule has 0 bridgehead atoms. The van der Waals surface area contributed by atoms with E-state index in [4.69, 9.17) is 27.9 Å². The first-order chi connectivity index (χ1) is 15.3. The standard InChI is InChI=1S/C25H19Cl2NO4/c1-14-8-6-7-11-17(14)21-20(22(29)15-12-18(26)24(32-2)19(27)13-15)23(30)25(31)28(21)16-9-4-3-5-10-16/h3-13,21,29H,1-2H3/b22-20+. The van der Waals surface area contributed by atoms with Crippen LogP contribution < -0.4 is 9.64 Å². The maximum absolute atomic E-state index is 13.2. The number of carbonyl (C=O) groups excluding carboxylic acids is 2. The van der Waals surface area contributed by atoms with Gasteiger partial charge in [0.15, 0.2) is 5.75 Å². The van der Waals surface area contributed by atoms with E-state index in [1.54, 1.807) is 24.3 Å². The van der Waals surface area contributed by atoms with Crippen molar-refractivity contribution in [1.29, 1.82) is 0 Å². The number of aliphatic hydroxyl groups excluding tert-OH is 1. The average Bonchev–Trinajstić information content (AvgIpc) is 3.04. The predicted molar refractivity (Wildman–Crippen MR) is 125 cm³/mol. The van der Waals surface area contributed by atoms with Crippen LogP contribution in [0.2, 0.25) is 10.0 Å². The summed E-state index contributed by atoms with van der Waals surface area (Å²) in [7, 11) is 1.43. The lowest BCUT2D eigenvalue weighted by Crippen LogP contribution is -2.29. The molecule has 3 aromatic rings. The van der Waals surface area contributed by atoms with Gasteiger partial charge in [0, 0.05) is 11.3 Å². The zero-order chi connectivity index (χ0) is 23.0. The van der Waals surface area contributed by atoms with E-state index in [1.165, 1.54) is 24.1 Å². The molecule has 1 N–H and O–H groups in total. The number of halogens is 2. The summed E-state index contributed by atoms with van der Waals surface area (Å²) in [5, 5.41) is 11.6. The van der Waals surface area contributed by atoms with Crippen LogP contribution >= 0.6 is 23.2 Å². The van der Waals surface area contributed by atoms with Gasteiger partial charge in [0.1, 0.15) is 5.76 Å². The van der Waals surface area contributed by atoms with E-state index in [1.807, 2.05) is 37.3 Å². The fourth-order valence-corrected chi connectivity index (χ4v) is 4.56. The number of carbonyl (C=O) groups is 2. The molecule has 1 heterocycles. The Kier molecular flexibility index (Phi) is 5.96. The van der Waals surface area contributed by atoms with Gasteiger partial charge in [-0.1, -0.05) is 65.7 Å². The zero-order valence-corrected chi connectivity index (χ0v) is 18.8. The number of nitrogens with zero attached hydrogens (tertiary/aromatic N) is 1. The van der Waals surface area contributed by atoms with Crippen molar-refractivity contribution in [3.8, 4) is 5.75 Å². The number of Topliss-reactive ketones (excluding diaryl/α,β-unsaturated/α-hetero) is 1. The molecule has 1 aliphatic rings. The molecule has 7 heteroatoms. The molecule has 1 saturated heterocycles. The molecular formula is C25H19Cl2NO4. The van der Waals surface area contributed by atoms with Crippen LogP contribution in [0.5, 0.6) is 5.75 Å². The third-order valence-electron chi connectivity index (χ3n) is 5.44. The van der Waals surface area contributed by atoms with Gasteiger partial charge in [-0.25, -0.2) is 0 Å². The number of methoxy groups -OCH3 is 1. The number of ether oxygens (including phenoxy) is 1. The van der Waals surface area contributed by atoms with Gasteiger partial charge in [-0.05, 0) is 42.3 Å². The van der Waals surface area contributed by atoms with Crippen LogP contribution in [0, 0.1) is 6.92 Å². The zero-order valence-electron chi connectivity index (χ0n) is 17.3. The van der Waals surface area contributed by atoms with Gasteiger partial charge in [0.2, 0.25) is 0 Å². The summed E-state index contributed by atoms with van der Waals surface area (Å²) in [5.74, 6) is -1.62. The van der Waals surface area contributed by atoms with Crippen LogP contribution in [0.25, 0.3) is 5.76 Å².